The van der Waals surface area contributed by atoms with E-state index in [1.165, 1.54) is 44.2 Å². The molecule has 1 aromatic carbocycles. The third kappa shape index (κ3) is 3.99. The minimum atomic E-state index is -0.971. The molecule has 22 heavy (non-hydrogen) atoms. The number of hydrogen-bond donors (Lipinski definition) is 0. The molecule has 4 heteroatoms. The molecule has 0 bridgehead atoms. The third-order valence-corrected chi connectivity index (χ3v) is 4.39. The van der Waals surface area contributed by atoms with Crippen molar-refractivity contribution in [3.8, 4) is 11.5 Å². The van der Waals surface area contributed by atoms with Crippen LogP contribution in [0.15, 0.2) is 24.3 Å². The van der Waals surface area contributed by atoms with Gasteiger partial charge in [-0.2, -0.15) is 8.78 Å². The third-order valence-electron chi connectivity index (χ3n) is 4.39. The molecule has 2 nitrogen and oxygen atoms in total. The van der Waals surface area contributed by atoms with Crippen LogP contribution in [-0.4, -0.2) is 13.2 Å². The van der Waals surface area contributed by atoms with Crippen molar-refractivity contribution in [2.75, 3.05) is 13.2 Å². The lowest BCUT2D eigenvalue weighted by atomic mass is 9.85. The minimum absolute atomic E-state index is 0.0319. The Labute approximate surface area is 130 Å². The molecule has 0 aliphatic heterocycles. The van der Waals surface area contributed by atoms with E-state index < -0.39 is 11.6 Å². The topological polar surface area (TPSA) is 18.5 Å². The number of allylic oxidation sites excluding steroid dienone is 1. The van der Waals surface area contributed by atoms with E-state index in [1.807, 2.05) is 6.08 Å². The summed E-state index contributed by atoms with van der Waals surface area (Å²) in [6, 6.07) is 2.87. The second-order valence-corrected chi connectivity index (χ2v) is 6.20. The quantitative estimate of drug-likeness (QED) is 0.637. The van der Waals surface area contributed by atoms with E-state index in [0.717, 1.165) is 6.42 Å². The number of benzene rings is 1. The summed E-state index contributed by atoms with van der Waals surface area (Å²) in [5.74, 6) is -0.691. The van der Waals surface area contributed by atoms with Crippen LogP contribution in [0.3, 0.4) is 0 Å². The lowest BCUT2D eigenvalue weighted by Crippen LogP contribution is -2.08. The van der Waals surface area contributed by atoms with Gasteiger partial charge in [-0.1, -0.05) is 31.4 Å². The van der Waals surface area contributed by atoms with Gasteiger partial charge in [0.05, 0.1) is 6.61 Å². The second kappa shape index (κ2) is 7.12. The molecule has 2 fully saturated rings. The maximum Gasteiger partial charge on any atom is 0.204 e. The highest BCUT2D eigenvalue weighted by Crippen LogP contribution is 2.33. The molecular formula is C18H22F2O2. The van der Waals surface area contributed by atoms with Gasteiger partial charge in [0.2, 0.25) is 11.6 Å². The van der Waals surface area contributed by atoms with Crippen molar-refractivity contribution in [3.63, 3.8) is 0 Å². The van der Waals surface area contributed by atoms with Crippen LogP contribution < -0.4 is 9.47 Å². The van der Waals surface area contributed by atoms with E-state index in [1.54, 1.807) is 0 Å². The molecule has 2 aliphatic rings. The summed E-state index contributed by atoms with van der Waals surface area (Å²) >= 11 is 0. The van der Waals surface area contributed by atoms with E-state index in [9.17, 15) is 8.78 Å². The van der Waals surface area contributed by atoms with Crippen molar-refractivity contribution < 1.29 is 18.3 Å². The van der Waals surface area contributed by atoms with Gasteiger partial charge in [0, 0.05) is 0 Å². The molecule has 0 amide bonds. The molecule has 0 heterocycles. The molecular weight excluding hydrogens is 286 g/mol. The maximum absolute atomic E-state index is 13.9. The SMILES string of the molecule is Fc1c(OC/C=C/C2CCC2)ccc(OCCC2CC2)c1F. The zero-order chi connectivity index (χ0) is 15.4. The summed E-state index contributed by atoms with van der Waals surface area (Å²) < 4.78 is 38.4. The Kier molecular flexibility index (Phi) is 4.96. The van der Waals surface area contributed by atoms with Crippen LogP contribution in [0, 0.1) is 23.5 Å². The van der Waals surface area contributed by atoms with Crippen LogP contribution in [0.1, 0.15) is 38.5 Å². The van der Waals surface area contributed by atoms with Gasteiger partial charge in [-0.05, 0) is 43.2 Å². The smallest absolute Gasteiger partial charge is 0.204 e. The summed E-state index contributed by atoms with van der Waals surface area (Å²) in [5, 5.41) is 0. The number of hydrogen-bond acceptors (Lipinski definition) is 2. The van der Waals surface area contributed by atoms with Gasteiger partial charge in [0.1, 0.15) is 6.61 Å². The van der Waals surface area contributed by atoms with Crippen LogP contribution in [0.4, 0.5) is 8.78 Å². The Balaban J connectivity index is 1.50. The van der Waals surface area contributed by atoms with Crippen molar-refractivity contribution in [2.45, 2.75) is 38.5 Å². The Morgan fingerprint density at radius 1 is 1.00 bits per heavy atom. The molecule has 1 aromatic rings. The van der Waals surface area contributed by atoms with Gasteiger partial charge in [0.25, 0.3) is 0 Å². The number of ether oxygens (including phenoxy) is 2. The molecule has 0 radical (unpaired) electrons. The maximum atomic E-state index is 13.9. The van der Waals surface area contributed by atoms with Gasteiger partial charge >= 0.3 is 0 Å². The molecule has 0 atom stereocenters. The standard InChI is InChI=1S/C18H22F2O2/c19-17-15(21-11-2-5-13-3-1-4-13)8-9-16(18(17)20)22-12-10-14-6-7-14/h2,5,8-9,13-14H,1,3-4,6-7,10-12H2/b5-2+. The predicted molar refractivity (Wildman–Crippen MR) is 81.2 cm³/mol. The molecule has 0 N–H and O–H groups in total. The van der Waals surface area contributed by atoms with Crippen LogP contribution in [-0.2, 0) is 0 Å². The van der Waals surface area contributed by atoms with Gasteiger partial charge in [-0.25, -0.2) is 0 Å². The summed E-state index contributed by atoms with van der Waals surface area (Å²) in [4.78, 5) is 0. The van der Waals surface area contributed by atoms with Crippen LogP contribution in [0.25, 0.3) is 0 Å². The summed E-state index contributed by atoms with van der Waals surface area (Å²) in [7, 11) is 0. The first-order valence-electron chi connectivity index (χ1n) is 8.14. The highest BCUT2D eigenvalue weighted by atomic mass is 19.2. The molecule has 0 aromatic heterocycles. The highest BCUT2D eigenvalue weighted by Gasteiger charge is 2.21. The van der Waals surface area contributed by atoms with E-state index in [0.29, 0.717) is 18.4 Å². The lowest BCUT2D eigenvalue weighted by molar-refractivity contribution is 0.276. The van der Waals surface area contributed by atoms with Crippen molar-refractivity contribution in [2.24, 2.45) is 11.8 Å². The van der Waals surface area contributed by atoms with Crippen molar-refractivity contribution in [3.05, 3.63) is 35.9 Å². The van der Waals surface area contributed by atoms with Crippen molar-refractivity contribution in [1.29, 1.82) is 0 Å². The van der Waals surface area contributed by atoms with E-state index >= 15 is 0 Å². The fourth-order valence-corrected chi connectivity index (χ4v) is 2.50. The average molecular weight is 308 g/mol. The predicted octanol–water partition coefficient (Wildman–Crippen LogP) is 4.88. The zero-order valence-electron chi connectivity index (χ0n) is 12.7. The van der Waals surface area contributed by atoms with Gasteiger partial charge in [0.15, 0.2) is 11.5 Å². The second-order valence-electron chi connectivity index (χ2n) is 6.20. The first-order valence-corrected chi connectivity index (χ1v) is 8.14. The fraction of sp³-hybridized carbons (Fsp3) is 0.556. The Bertz CT molecular complexity index is 534. The minimum Gasteiger partial charge on any atom is -0.490 e. The van der Waals surface area contributed by atoms with Gasteiger partial charge in [-0.3, -0.25) is 0 Å². The monoisotopic (exact) mass is 308 g/mol. The lowest BCUT2D eigenvalue weighted by Gasteiger charge is -2.21. The van der Waals surface area contributed by atoms with Crippen LogP contribution in [0.2, 0.25) is 0 Å². The molecule has 120 valence electrons. The van der Waals surface area contributed by atoms with E-state index in [4.69, 9.17) is 9.47 Å². The van der Waals surface area contributed by atoms with E-state index in [2.05, 4.69) is 6.08 Å². The van der Waals surface area contributed by atoms with Crippen LogP contribution in [0.5, 0.6) is 11.5 Å². The van der Waals surface area contributed by atoms with Crippen molar-refractivity contribution in [1.82, 2.24) is 0 Å². The highest BCUT2D eigenvalue weighted by molar-refractivity contribution is 5.35. The molecule has 0 saturated heterocycles. The molecule has 0 spiro atoms. The fourth-order valence-electron chi connectivity index (χ4n) is 2.50. The molecule has 0 unspecified atom stereocenters. The largest absolute Gasteiger partial charge is 0.490 e. The molecule has 2 aliphatic carbocycles. The number of halogens is 2. The summed E-state index contributed by atoms with van der Waals surface area (Å²) in [6.07, 6.45) is 11.0. The van der Waals surface area contributed by atoms with Gasteiger partial charge in [-0.15, -0.1) is 0 Å². The summed E-state index contributed by atoms with van der Waals surface area (Å²) in [5.41, 5.74) is 0. The van der Waals surface area contributed by atoms with Crippen LogP contribution >= 0.6 is 0 Å². The summed E-state index contributed by atoms with van der Waals surface area (Å²) in [6.45, 7) is 0.695. The Hall–Kier alpha value is -1.58. The molecule has 2 saturated carbocycles. The van der Waals surface area contributed by atoms with Gasteiger partial charge < -0.3 is 9.47 Å². The average Bonchev–Trinajstić information content (AvgIpc) is 3.27. The first-order chi connectivity index (χ1) is 10.7. The number of rotatable bonds is 8. The Morgan fingerprint density at radius 3 is 2.27 bits per heavy atom. The normalized spacial score (nSPS) is 18.5. The Morgan fingerprint density at radius 2 is 1.68 bits per heavy atom. The first kappa shape index (κ1) is 15.3. The van der Waals surface area contributed by atoms with E-state index in [-0.39, 0.29) is 18.1 Å². The van der Waals surface area contributed by atoms with Crippen molar-refractivity contribution >= 4 is 0 Å². The zero-order valence-corrected chi connectivity index (χ0v) is 12.7. The molecule has 3 rings (SSSR count).